The highest BCUT2D eigenvalue weighted by molar-refractivity contribution is 6.35. The number of imide groups is 1. The van der Waals surface area contributed by atoms with Crippen LogP contribution in [0.4, 0.5) is 0 Å². The van der Waals surface area contributed by atoms with Crippen LogP contribution in [-0.2, 0) is 14.3 Å². The third-order valence-corrected chi connectivity index (χ3v) is 2.96. The molecule has 0 saturated carbocycles. The summed E-state index contributed by atoms with van der Waals surface area (Å²) in [5.41, 5.74) is 1.74. The van der Waals surface area contributed by atoms with Gasteiger partial charge < -0.3 is 4.74 Å². The summed E-state index contributed by atoms with van der Waals surface area (Å²) in [5, 5.41) is 0. The molecule has 1 aromatic rings. The maximum Gasteiger partial charge on any atom is 0.296 e. The van der Waals surface area contributed by atoms with Crippen molar-refractivity contribution in [2.45, 2.75) is 6.92 Å². The van der Waals surface area contributed by atoms with Crippen LogP contribution in [0, 0.1) is 0 Å². The Hall–Kier alpha value is -2.62. The molecule has 4 heteroatoms. The van der Waals surface area contributed by atoms with Crippen molar-refractivity contribution in [3.63, 3.8) is 0 Å². The van der Waals surface area contributed by atoms with Crippen LogP contribution in [-0.4, -0.2) is 29.9 Å². The van der Waals surface area contributed by atoms with Crippen LogP contribution in [0.5, 0.6) is 0 Å². The predicted octanol–water partition coefficient (Wildman–Crippen LogP) is 2.55. The zero-order valence-corrected chi connectivity index (χ0v) is 12.0. The minimum absolute atomic E-state index is 0.0797. The first-order chi connectivity index (χ1) is 10.1. The van der Waals surface area contributed by atoms with E-state index in [-0.39, 0.29) is 24.8 Å². The Morgan fingerprint density at radius 1 is 1.24 bits per heavy atom. The van der Waals surface area contributed by atoms with Gasteiger partial charge in [0.2, 0.25) is 0 Å². The molecule has 108 valence electrons. The summed E-state index contributed by atoms with van der Waals surface area (Å²) >= 11 is 0. The van der Waals surface area contributed by atoms with Crippen LogP contribution < -0.4 is 0 Å². The SMILES string of the molecule is C=CCN1C(=O)C(OCC(=C)C)=C(c2ccccc2)C1=O. The Labute approximate surface area is 124 Å². The Balaban J connectivity index is 2.45. The molecule has 0 bridgehead atoms. The molecule has 4 nitrogen and oxygen atoms in total. The highest BCUT2D eigenvalue weighted by Gasteiger charge is 2.39. The van der Waals surface area contributed by atoms with Crippen LogP contribution in [0.25, 0.3) is 5.57 Å². The van der Waals surface area contributed by atoms with Gasteiger partial charge >= 0.3 is 0 Å². The largest absolute Gasteiger partial charge is 0.483 e. The molecule has 1 aliphatic heterocycles. The zero-order chi connectivity index (χ0) is 15.4. The van der Waals surface area contributed by atoms with Gasteiger partial charge in [-0.1, -0.05) is 43.0 Å². The van der Waals surface area contributed by atoms with E-state index in [0.29, 0.717) is 11.1 Å². The van der Waals surface area contributed by atoms with E-state index in [0.717, 1.165) is 10.5 Å². The molecule has 0 atom stereocenters. The molecule has 0 fully saturated rings. The lowest BCUT2D eigenvalue weighted by Gasteiger charge is -2.11. The van der Waals surface area contributed by atoms with Crippen molar-refractivity contribution >= 4 is 17.4 Å². The van der Waals surface area contributed by atoms with E-state index in [1.165, 1.54) is 6.08 Å². The average Bonchev–Trinajstić information content (AvgIpc) is 2.70. The summed E-state index contributed by atoms with van der Waals surface area (Å²) in [7, 11) is 0. The van der Waals surface area contributed by atoms with Gasteiger partial charge in [0.25, 0.3) is 11.8 Å². The van der Waals surface area contributed by atoms with Gasteiger partial charge in [0.05, 0.1) is 5.57 Å². The molecule has 0 N–H and O–H groups in total. The van der Waals surface area contributed by atoms with Crippen molar-refractivity contribution in [2.24, 2.45) is 0 Å². The summed E-state index contributed by atoms with van der Waals surface area (Å²) < 4.78 is 5.52. The second kappa shape index (κ2) is 6.22. The number of hydrogen-bond acceptors (Lipinski definition) is 3. The third kappa shape index (κ3) is 2.94. The van der Waals surface area contributed by atoms with Gasteiger partial charge in [0.15, 0.2) is 5.76 Å². The molecule has 1 aliphatic rings. The fourth-order valence-corrected chi connectivity index (χ4v) is 2.04. The van der Waals surface area contributed by atoms with Crippen molar-refractivity contribution in [2.75, 3.05) is 13.2 Å². The zero-order valence-electron chi connectivity index (χ0n) is 12.0. The number of hydrogen-bond donors (Lipinski definition) is 0. The molecule has 0 aliphatic carbocycles. The highest BCUT2D eigenvalue weighted by Crippen LogP contribution is 2.30. The molecular formula is C17H17NO3. The minimum Gasteiger partial charge on any atom is -0.483 e. The first kappa shape index (κ1) is 14.8. The fraction of sp³-hybridized carbons (Fsp3) is 0.176. The molecule has 0 unspecified atom stereocenters. The highest BCUT2D eigenvalue weighted by atomic mass is 16.5. The molecule has 2 amide bonds. The summed E-state index contributed by atoms with van der Waals surface area (Å²) in [5.74, 6) is -0.709. The summed E-state index contributed by atoms with van der Waals surface area (Å²) in [6, 6.07) is 9.03. The Morgan fingerprint density at radius 2 is 1.90 bits per heavy atom. The molecule has 0 aromatic heterocycles. The van der Waals surface area contributed by atoms with Crippen LogP contribution in [0.15, 0.2) is 60.9 Å². The maximum atomic E-state index is 12.5. The van der Waals surface area contributed by atoms with Crippen LogP contribution in [0.1, 0.15) is 12.5 Å². The molecule has 0 saturated heterocycles. The van der Waals surface area contributed by atoms with E-state index in [1.807, 2.05) is 18.2 Å². The lowest BCUT2D eigenvalue weighted by Crippen LogP contribution is -2.32. The van der Waals surface area contributed by atoms with Gasteiger partial charge in [-0.2, -0.15) is 0 Å². The molecule has 1 aromatic carbocycles. The summed E-state index contributed by atoms with van der Waals surface area (Å²) in [4.78, 5) is 25.9. The lowest BCUT2D eigenvalue weighted by molar-refractivity contribution is -0.137. The van der Waals surface area contributed by atoms with Gasteiger partial charge in [-0.15, -0.1) is 6.58 Å². The third-order valence-electron chi connectivity index (χ3n) is 2.96. The number of carbonyl (C=O) groups excluding carboxylic acids is 2. The van der Waals surface area contributed by atoms with Crippen molar-refractivity contribution in [3.05, 3.63) is 66.5 Å². The average molecular weight is 283 g/mol. The molecule has 2 rings (SSSR count). The Kier molecular flexibility index (Phi) is 4.38. The van der Waals surface area contributed by atoms with E-state index >= 15 is 0 Å². The molecule has 21 heavy (non-hydrogen) atoms. The van der Waals surface area contributed by atoms with Crippen molar-refractivity contribution < 1.29 is 14.3 Å². The quantitative estimate of drug-likeness (QED) is 0.595. The Bertz CT molecular complexity index is 629. The molecule has 0 radical (unpaired) electrons. The van der Waals surface area contributed by atoms with E-state index in [2.05, 4.69) is 13.2 Å². The Morgan fingerprint density at radius 3 is 2.48 bits per heavy atom. The van der Waals surface area contributed by atoms with Crippen molar-refractivity contribution in [1.82, 2.24) is 4.90 Å². The van der Waals surface area contributed by atoms with E-state index in [1.54, 1.807) is 19.1 Å². The number of carbonyl (C=O) groups is 2. The maximum absolute atomic E-state index is 12.5. The predicted molar refractivity (Wildman–Crippen MR) is 81.0 cm³/mol. The van der Waals surface area contributed by atoms with Gasteiger partial charge in [-0.05, 0) is 18.1 Å². The number of benzene rings is 1. The standard InChI is InChI=1S/C17H17NO3/c1-4-10-18-16(19)14(13-8-6-5-7-9-13)15(17(18)20)21-11-12(2)3/h4-9H,1-2,10-11H2,3H3. The smallest absolute Gasteiger partial charge is 0.296 e. The second-order valence-electron chi connectivity index (χ2n) is 4.83. The second-order valence-corrected chi connectivity index (χ2v) is 4.83. The van der Waals surface area contributed by atoms with Crippen molar-refractivity contribution in [1.29, 1.82) is 0 Å². The van der Waals surface area contributed by atoms with Crippen LogP contribution >= 0.6 is 0 Å². The topological polar surface area (TPSA) is 46.6 Å². The number of rotatable bonds is 6. The van der Waals surface area contributed by atoms with E-state index in [4.69, 9.17) is 4.74 Å². The van der Waals surface area contributed by atoms with Gasteiger partial charge in [-0.3, -0.25) is 14.5 Å². The van der Waals surface area contributed by atoms with Crippen LogP contribution in [0.3, 0.4) is 0 Å². The monoisotopic (exact) mass is 283 g/mol. The molecule has 1 heterocycles. The van der Waals surface area contributed by atoms with Gasteiger partial charge in [-0.25, -0.2) is 0 Å². The van der Waals surface area contributed by atoms with Gasteiger partial charge in [0.1, 0.15) is 6.61 Å². The van der Waals surface area contributed by atoms with E-state index in [9.17, 15) is 9.59 Å². The number of nitrogens with zero attached hydrogens (tertiary/aromatic N) is 1. The normalized spacial score (nSPS) is 14.6. The number of ether oxygens (including phenoxy) is 1. The minimum atomic E-state index is -0.431. The lowest BCUT2D eigenvalue weighted by atomic mass is 10.1. The molecular weight excluding hydrogens is 266 g/mol. The molecule has 0 spiro atoms. The van der Waals surface area contributed by atoms with Crippen molar-refractivity contribution in [3.8, 4) is 0 Å². The summed E-state index contributed by atoms with van der Waals surface area (Å²) in [6.45, 7) is 9.47. The number of amides is 2. The summed E-state index contributed by atoms with van der Waals surface area (Å²) in [6.07, 6.45) is 1.51. The van der Waals surface area contributed by atoms with Gasteiger partial charge in [0, 0.05) is 6.54 Å². The van der Waals surface area contributed by atoms with Crippen LogP contribution in [0.2, 0.25) is 0 Å². The van der Waals surface area contributed by atoms with E-state index < -0.39 is 5.91 Å². The fourth-order valence-electron chi connectivity index (χ4n) is 2.04. The first-order valence-corrected chi connectivity index (χ1v) is 6.60. The first-order valence-electron chi connectivity index (χ1n) is 6.60.